The topological polar surface area (TPSA) is 35.5 Å². The van der Waals surface area contributed by atoms with Gasteiger partial charge in [-0.05, 0) is 24.8 Å². The lowest BCUT2D eigenvalue weighted by atomic mass is 9.84. The number of methoxy groups -OCH3 is 2. The van der Waals surface area contributed by atoms with Crippen molar-refractivity contribution in [2.45, 2.75) is 37.4 Å². The van der Waals surface area contributed by atoms with Crippen LogP contribution in [0, 0.1) is 5.92 Å². The maximum Gasteiger partial charge on any atom is 0.341 e. The zero-order valence-corrected chi connectivity index (χ0v) is 13.0. The Kier molecular flexibility index (Phi) is 5.35. The Morgan fingerprint density at radius 2 is 1.95 bits per heavy atom. The number of hydrogen-bond acceptors (Lipinski definition) is 4. The van der Waals surface area contributed by atoms with Crippen molar-refractivity contribution < 1.29 is 14.3 Å². The molecule has 0 amide bonds. The molecule has 1 aliphatic rings. The Morgan fingerprint density at radius 1 is 1.25 bits per heavy atom. The molecule has 1 fully saturated rings. The summed E-state index contributed by atoms with van der Waals surface area (Å²) in [5.41, 5.74) is 1.47. The SMILES string of the molecule is COC(=O)c1cccc(C(S)C2CCCCC2)c1OC. The van der Waals surface area contributed by atoms with E-state index in [9.17, 15) is 4.79 Å². The van der Waals surface area contributed by atoms with Gasteiger partial charge in [0.15, 0.2) is 0 Å². The lowest BCUT2D eigenvalue weighted by Crippen LogP contribution is -2.14. The predicted molar refractivity (Wildman–Crippen MR) is 82.6 cm³/mol. The van der Waals surface area contributed by atoms with Gasteiger partial charge in [-0.2, -0.15) is 12.6 Å². The van der Waals surface area contributed by atoms with Gasteiger partial charge in [-0.3, -0.25) is 0 Å². The standard InChI is InChI=1S/C16H22O3S/c1-18-14-12(9-6-10-13(14)16(17)19-2)15(20)11-7-4-3-5-8-11/h6,9-11,15,20H,3-5,7-8H2,1-2H3. The molecule has 2 rings (SSSR count). The number of thiol groups is 1. The van der Waals surface area contributed by atoms with E-state index >= 15 is 0 Å². The summed E-state index contributed by atoms with van der Waals surface area (Å²) in [4.78, 5) is 11.8. The summed E-state index contributed by atoms with van der Waals surface area (Å²) in [5.74, 6) is 0.784. The van der Waals surface area contributed by atoms with Crippen LogP contribution in [0.1, 0.15) is 53.3 Å². The molecule has 0 spiro atoms. The van der Waals surface area contributed by atoms with E-state index in [2.05, 4.69) is 0 Å². The molecule has 0 aromatic heterocycles. The van der Waals surface area contributed by atoms with E-state index in [1.54, 1.807) is 13.2 Å². The summed E-state index contributed by atoms with van der Waals surface area (Å²) >= 11 is 4.80. The van der Waals surface area contributed by atoms with Crippen LogP contribution >= 0.6 is 12.6 Å². The first-order chi connectivity index (χ1) is 9.69. The second-order valence-electron chi connectivity index (χ2n) is 5.26. The number of hydrogen-bond donors (Lipinski definition) is 1. The minimum absolute atomic E-state index is 0.106. The Labute approximate surface area is 126 Å². The zero-order chi connectivity index (χ0) is 14.5. The summed E-state index contributed by atoms with van der Waals surface area (Å²) in [7, 11) is 2.97. The second-order valence-corrected chi connectivity index (χ2v) is 5.82. The first-order valence-electron chi connectivity index (χ1n) is 7.12. The fourth-order valence-electron chi connectivity index (χ4n) is 2.99. The third-order valence-corrected chi connectivity index (χ3v) is 4.77. The van der Waals surface area contributed by atoms with E-state index in [0.29, 0.717) is 17.2 Å². The molecule has 20 heavy (non-hydrogen) atoms. The van der Waals surface area contributed by atoms with Gasteiger partial charge in [0, 0.05) is 10.8 Å². The smallest absolute Gasteiger partial charge is 0.341 e. The van der Waals surface area contributed by atoms with E-state index < -0.39 is 0 Å². The minimum atomic E-state index is -0.368. The Balaban J connectivity index is 2.32. The summed E-state index contributed by atoms with van der Waals surface area (Å²) in [6.07, 6.45) is 6.23. The highest BCUT2D eigenvalue weighted by Gasteiger charge is 2.26. The molecule has 0 radical (unpaired) electrons. The first-order valence-corrected chi connectivity index (χ1v) is 7.64. The summed E-state index contributed by atoms with van der Waals surface area (Å²) in [6, 6.07) is 5.60. The van der Waals surface area contributed by atoms with Gasteiger partial charge in [-0.25, -0.2) is 4.79 Å². The molecule has 0 bridgehead atoms. The van der Waals surface area contributed by atoms with Crippen molar-refractivity contribution >= 4 is 18.6 Å². The normalized spacial score (nSPS) is 17.6. The van der Waals surface area contributed by atoms with E-state index in [0.717, 1.165) is 5.56 Å². The monoisotopic (exact) mass is 294 g/mol. The lowest BCUT2D eigenvalue weighted by Gasteiger charge is -2.28. The predicted octanol–water partition coefficient (Wildman–Crippen LogP) is 4.03. The van der Waals surface area contributed by atoms with Gasteiger partial charge in [-0.1, -0.05) is 31.4 Å². The Hall–Kier alpha value is -1.16. The van der Waals surface area contributed by atoms with Crippen molar-refractivity contribution in [3.63, 3.8) is 0 Å². The lowest BCUT2D eigenvalue weighted by molar-refractivity contribution is 0.0597. The number of benzene rings is 1. The molecular weight excluding hydrogens is 272 g/mol. The minimum Gasteiger partial charge on any atom is -0.496 e. The number of rotatable bonds is 4. The molecule has 0 N–H and O–H groups in total. The van der Waals surface area contributed by atoms with Crippen LogP contribution in [-0.2, 0) is 4.74 Å². The molecule has 0 saturated heterocycles. The molecule has 0 aliphatic heterocycles. The first kappa shape index (κ1) is 15.2. The number of esters is 1. The maximum atomic E-state index is 11.8. The van der Waals surface area contributed by atoms with Crippen LogP contribution in [0.15, 0.2) is 18.2 Å². The van der Waals surface area contributed by atoms with Gasteiger partial charge in [-0.15, -0.1) is 0 Å². The van der Waals surface area contributed by atoms with Gasteiger partial charge < -0.3 is 9.47 Å². The van der Waals surface area contributed by atoms with Crippen LogP contribution in [-0.4, -0.2) is 20.2 Å². The van der Waals surface area contributed by atoms with Gasteiger partial charge in [0.05, 0.1) is 14.2 Å². The zero-order valence-electron chi connectivity index (χ0n) is 12.1. The quantitative estimate of drug-likeness (QED) is 0.672. The van der Waals surface area contributed by atoms with Crippen molar-refractivity contribution in [2.75, 3.05) is 14.2 Å². The summed E-state index contributed by atoms with van der Waals surface area (Å²) in [6.45, 7) is 0. The third-order valence-electron chi connectivity index (χ3n) is 4.07. The van der Waals surface area contributed by atoms with Crippen LogP contribution in [0.3, 0.4) is 0 Å². The van der Waals surface area contributed by atoms with Crippen molar-refractivity contribution in [3.05, 3.63) is 29.3 Å². The molecule has 1 aromatic carbocycles. The molecule has 1 saturated carbocycles. The average Bonchev–Trinajstić information content (AvgIpc) is 2.53. The Bertz CT molecular complexity index is 467. The van der Waals surface area contributed by atoms with E-state index in [-0.39, 0.29) is 11.2 Å². The van der Waals surface area contributed by atoms with E-state index in [1.165, 1.54) is 39.2 Å². The molecular formula is C16H22O3S. The third kappa shape index (κ3) is 3.11. The summed E-state index contributed by atoms with van der Waals surface area (Å²) < 4.78 is 10.3. The number of para-hydroxylation sites is 1. The van der Waals surface area contributed by atoms with E-state index in [1.807, 2.05) is 12.1 Å². The molecule has 4 heteroatoms. The molecule has 0 heterocycles. The molecule has 1 aliphatic carbocycles. The van der Waals surface area contributed by atoms with Crippen molar-refractivity contribution in [1.82, 2.24) is 0 Å². The molecule has 1 atom stereocenters. The van der Waals surface area contributed by atoms with Crippen molar-refractivity contribution in [2.24, 2.45) is 5.92 Å². The second kappa shape index (κ2) is 7.02. The van der Waals surface area contributed by atoms with E-state index in [4.69, 9.17) is 22.1 Å². The van der Waals surface area contributed by atoms with Crippen LogP contribution in [0.5, 0.6) is 5.75 Å². The maximum absolute atomic E-state index is 11.8. The molecule has 3 nitrogen and oxygen atoms in total. The number of ether oxygens (including phenoxy) is 2. The van der Waals surface area contributed by atoms with Gasteiger partial charge in [0.2, 0.25) is 0 Å². The summed E-state index contributed by atoms with van der Waals surface area (Å²) in [5, 5.41) is 0.106. The molecule has 1 aromatic rings. The van der Waals surface area contributed by atoms with Crippen LogP contribution < -0.4 is 4.74 Å². The number of carbonyl (C=O) groups excluding carboxylic acids is 1. The highest BCUT2D eigenvalue weighted by molar-refractivity contribution is 7.80. The highest BCUT2D eigenvalue weighted by Crippen LogP contribution is 2.42. The van der Waals surface area contributed by atoms with Crippen molar-refractivity contribution in [1.29, 1.82) is 0 Å². The van der Waals surface area contributed by atoms with Gasteiger partial charge in [0.25, 0.3) is 0 Å². The number of carbonyl (C=O) groups is 1. The van der Waals surface area contributed by atoms with Crippen LogP contribution in [0.25, 0.3) is 0 Å². The van der Waals surface area contributed by atoms with Gasteiger partial charge in [0.1, 0.15) is 11.3 Å². The largest absolute Gasteiger partial charge is 0.496 e. The fraction of sp³-hybridized carbons (Fsp3) is 0.562. The molecule has 1 unspecified atom stereocenters. The average molecular weight is 294 g/mol. The van der Waals surface area contributed by atoms with Crippen molar-refractivity contribution in [3.8, 4) is 5.75 Å². The fourth-order valence-corrected chi connectivity index (χ4v) is 3.49. The van der Waals surface area contributed by atoms with Gasteiger partial charge >= 0.3 is 5.97 Å². The molecule has 110 valence electrons. The highest BCUT2D eigenvalue weighted by atomic mass is 32.1. The van der Waals surface area contributed by atoms with Crippen LogP contribution in [0.2, 0.25) is 0 Å². The van der Waals surface area contributed by atoms with Crippen LogP contribution in [0.4, 0.5) is 0 Å². The Morgan fingerprint density at radius 3 is 2.55 bits per heavy atom.